The molecule has 1 aromatic rings. The molecule has 6 nitrogen and oxygen atoms in total. The number of ether oxygens (including phenoxy) is 1. The maximum absolute atomic E-state index is 5.59. The Kier molecular flexibility index (Phi) is 6.28. The molecule has 0 saturated carbocycles. The molecular weight excluding hydrogens is 314 g/mol. The lowest BCUT2D eigenvalue weighted by molar-refractivity contribution is 0.0529. The third-order valence-electron chi connectivity index (χ3n) is 4.49. The Balaban J connectivity index is 1.57. The minimum atomic E-state index is 0.263. The minimum Gasteiger partial charge on any atom is -0.375 e. The molecule has 136 valence electrons. The average molecular weight is 343 g/mol. The van der Waals surface area contributed by atoms with Gasteiger partial charge >= 0.3 is 0 Å². The molecule has 1 aliphatic heterocycles. The lowest BCUT2D eigenvalue weighted by Crippen LogP contribution is -2.42. The number of hydrogen-bond donors (Lipinski definition) is 2. The van der Waals surface area contributed by atoms with Gasteiger partial charge in [-0.15, -0.1) is 0 Å². The summed E-state index contributed by atoms with van der Waals surface area (Å²) in [5.74, 6) is 1.90. The summed E-state index contributed by atoms with van der Waals surface area (Å²) in [6.07, 6.45) is 8.77. The topological polar surface area (TPSA) is 61.8 Å². The van der Waals surface area contributed by atoms with E-state index in [1.54, 1.807) is 0 Å². The van der Waals surface area contributed by atoms with Crippen LogP contribution < -0.4 is 15.5 Å². The Morgan fingerprint density at radius 3 is 2.88 bits per heavy atom. The molecule has 1 atom stereocenters. The summed E-state index contributed by atoms with van der Waals surface area (Å²) in [7, 11) is 0. The predicted octanol–water partition coefficient (Wildman–Crippen LogP) is 2.08. The number of rotatable bonds is 5. The summed E-state index contributed by atoms with van der Waals surface area (Å²) in [6, 6.07) is 4.66. The second-order valence-corrected chi connectivity index (χ2v) is 6.63. The quantitative estimate of drug-likeness (QED) is 0.487. The van der Waals surface area contributed by atoms with Crippen molar-refractivity contribution in [2.75, 3.05) is 31.1 Å². The normalized spacial score (nSPS) is 21.6. The molecule has 1 fully saturated rings. The van der Waals surface area contributed by atoms with E-state index < -0.39 is 0 Å². The van der Waals surface area contributed by atoms with Crippen molar-refractivity contribution < 1.29 is 4.74 Å². The Bertz CT molecular complexity index is 590. The highest BCUT2D eigenvalue weighted by Gasteiger charge is 2.17. The molecule has 2 heterocycles. The number of nitrogens with zero attached hydrogens (tertiary/aromatic N) is 3. The van der Waals surface area contributed by atoms with Gasteiger partial charge < -0.3 is 20.3 Å². The molecular formula is C19H29N5O. The number of guanidine groups is 1. The number of hydrogen-bond acceptors (Lipinski definition) is 4. The first-order chi connectivity index (χ1) is 12.2. The van der Waals surface area contributed by atoms with Crippen molar-refractivity contribution in [3.8, 4) is 0 Å². The summed E-state index contributed by atoms with van der Waals surface area (Å²) < 4.78 is 5.59. The molecule has 1 aliphatic carbocycles. The van der Waals surface area contributed by atoms with Crippen LogP contribution in [0.4, 0.5) is 5.82 Å². The monoisotopic (exact) mass is 343 g/mol. The molecule has 1 unspecified atom stereocenters. The van der Waals surface area contributed by atoms with Crippen molar-refractivity contribution in [3.63, 3.8) is 0 Å². The molecule has 6 heteroatoms. The van der Waals surface area contributed by atoms with Crippen LogP contribution in [-0.2, 0) is 11.3 Å². The van der Waals surface area contributed by atoms with Gasteiger partial charge in [0, 0.05) is 31.9 Å². The molecule has 0 aromatic carbocycles. The van der Waals surface area contributed by atoms with Crippen molar-refractivity contribution in [2.24, 2.45) is 4.99 Å². The Morgan fingerprint density at radius 1 is 1.36 bits per heavy atom. The van der Waals surface area contributed by atoms with Crippen LogP contribution in [0.2, 0.25) is 0 Å². The highest BCUT2D eigenvalue weighted by molar-refractivity contribution is 5.80. The first-order valence-corrected chi connectivity index (χ1v) is 9.26. The highest BCUT2D eigenvalue weighted by atomic mass is 16.5. The summed E-state index contributed by atoms with van der Waals surface area (Å²) >= 11 is 0. The molecule has 0 radical (unpaired) electrons. The van der Waals surface area contributed by atoms with E-state index in [2.05, 4.69) is 58.6 Å². The van der Waals surface area contributed by atoms with Crippen LogP contribution in [0, 0.1) is 0 Å². The first-order valence-electron chi connectivity index (χ1n) is 9.26. The zero-order valence-electron chi connectivity index (χ0n) is 15.2. The van der Waals surface area contributed by atoms with E-state index in [0.717, 1.165) is 56.4 Å². The molecule has 3 rings (SSSR count). The number of pyridine rings is 1. The molecule has 0 spiro atoms. The Labute approximate surface area is 150 Å². The maximum atomic E-state index is 5.59. The highest BCUT2D eigenvalue weighted by Crippen LogP contribution is 2.16. The average Bonchev–Trinajstić information content (AvgIpc) is 3.13. The van der Waals surface area contributed by atoms with Crippen molar-refractivity contribution in [3.05, 3.63) is 36.0 Å². The molecule has 1 saturated heterocycles. The van der Waals surface area contributed by atoms with Crippen molar-refractivity contribution in [1.82, 2.24) is 15.6 Å². The van der Waals surface area contributed by atoms with Crippen LogP contribution in [0.25, 0.3) is 0 Å². The van der Waals surface area contributed by atoms with Gasteiger partial charge in [-0.2, -0.15) is 0 Å². The number of nitrogens with one attached hydrogen (secondary N) is 2. The fourth-order valence-electron chi connectivity index (χ4n) is 3.14. The third kappa shape index (κ3) is 5.19. The molecule has 25 heavy (non-hydrogen) atoms. The van der Waals surface area contributed by atoms with Gasteiger partial charge in [-0.25, -0.2) is 9.98 Å². The van der Waals surface area contributed by atoms with Gasteiger partial charge in [0.15, 0.2) is 5.96 Å². The summed E-state index contributed by atoms with van der Waals surface area (Å²) in [5, 5.41) is 6.81. The second kappa shape index (κ2) is 8.85. The molecule has 2 N–H and O–H groups in total. The largest absolute Gasteiger partial charge is 0.375 e. The van der Waals surface area contributed by atoms with Gasteiger partial charge in [-0.3, -0.25) is 0 Å². The summed E-state index contributed by atoms with van der Waals surface area (Å²) in [5.41, 5.74) is 1.12. The van der Waals surface area contributed by atoms with Gasteiger partial charge in [-0.1, -0.05) is 18.2 Å². The number of aromatic nitrogens is 1. The van der Waals surface area contributed by atoms with Crippen molar-refractivity contribution in [1.29, 1.82) is 0 Å². The van der Waals surface area contributed by atoms with Crippen LogP contribution in [0.15, 0.2) is 35.5 Å². The van der Waals surface area contributed by atoms with E-state index in [1.807, 2.05) is 6.20 Å². The third-order valence-corrected chi connectivity index (χ3v) is 4.49. The van der Waals surface area contributed by atoms with Crippen LogP contribution in [0.3, 0.4) is 0 Å². The first kappa shape index (κ1) is 17.7. The number of morpholine rings is 1. The van der Waals surface area contributed by atoms with Crippen molar-refractivity contribution in [2.45, 2.75) is 45.4 Å². The fourth-order valence-corrected chi connectivity index (χ4v) is 3.14. The molecule has 0 bridgehead atoms. The van der Waals surface area contributed by atoms with Crippen molar-refractivity contribution >= 4 is 11.8 Å². The zero-order chi connectivity index (χ0) is 17.5. The Morgan fingerprint density at radius 2 is 2.20 bits per heavy atom. The maximum Gasteiger partial charge on any atom is 0.191 e. The predicted molar refractivity (Wildman–Crippen MR) is 102 cm³/mol. The standard InChI is InChI=1S/C19H29N5O/c1-3-20-19(23-17-6-4-5-7-17)22-13-16-8-9-18(21-12-16)24-10-11-25-15(2)14-24/h4-5,8-9,12,15,17H,3,6-7,10-11,13-14H2,1-2H3,(H2,20,22,23). The summed E-state index contributed by atoms with van der Waals surface area (Å²) in [6.45, 7) is 8.24. The van der Waals surface area contributed by atoms with Gasteiger partial charge in [-0.05, 0) is 38.3 Å². The number of anilines is 1. The van der Waals surface area contributed by atoms with Gasteiger partial charge in [0.05, 0.1) is 19.3 Å². The van der Waals surface area contributed by atoms with Crippen LogP contribution in [0.5, 0.6) is 0 Å². The lowest BCUT2D eigenvalue weighted by atomic mass is 10.2. The molecule has 2 aliphatic rings. The SMILES string of the molecule is CCNC(=NCc1ccc(N2CCOC(C)C2)nc1)NC1CC=CC1. The van der Waals surface area contributed by atoms with Gasteiger partial charge in [0.1, 0.15) is 5.82 Å². The second-order valence-electron chi connectivity index (χ2n) is 6.63. The number of aliphatic imine (C=N–C) groups is 1. The summed E-state index contributed by atoms with van der Waals surface area (Å²) in [4.78, 5) is 11.6. The van der Waals surface area contributed by atoms with E-state index in [9.17, 15) is 0 Å². The van der Waals surface area contributed by atoms with E-state index in [1.165, 1.54) is 0 Å². The zero-order valence-corrected chi connectivity index (χ0v) is 15.2. The lowest BCUT2D eigenvalue weighted by Gasteiger charge is -2.32. The van der Waals surface area contributed by atoms with E-state index in [0.29, 0.717) is 12.6 Å². The van der Waals surface area contributed by atoms with Gasteiger partial charge in [0.2, 0.25) is 0 Å². The van der Waals surface area contributed by atoms with Crippen LogP contribution in [0.1, 0.15) is 32.3 Å². The molecule has 0 amide bonds. The smallest absolute Gasteiger partial charge is 0.191 e. The fraction of sp³-hybridized carbons (Fsp3) is 0.579. The van der Waals surface area contributed by atoms with E-state index in [4.69, 9.17) is 9.73 Å². The van der Waals surface area contributed by atoms with E-state index >= 15 is 0 Å². The minimum absolute atomic E-state index is 0.263. The van der Waals surface area contributed by atoms with Gasteiger partial charge in [0.25, 0.3) is 0 Å². The van der Waals surface area contributed by atoms with Crippen LogP contribution >= 0.6 is 0 Å². The molecule has 1 aromatic heterocycles. The van der Waals surface area contributed by atoms with Crippen LogP contribution in [-0.4, -0.2) is 49.3 Å². The Hall–Kier alpha value is -2.08. The van der Waals surface area contributed by atoms with E-state index in [-0.39, 0.29) is 6.10 Å².